The van der Waals surface area contributed by atoms with E-state index in [1.807, 2.05) is 0 Å². The van der Waals surface area contributed by atoms with Gasteiger partial charge in [-0.15, -0.1) is 0 Å². The van der Waals surface area contributed by atoms with E-state index >= 15 is 0 Å². The Kier molecular flexibility index (Phi) is 2.79. The molecule has 0 aliphatic carbocycles. The van der Waals surface area contributed by atoms with Gasteiger partial charge in [-0.1, -0.05) is 5.16 Å². The van der Waals surface area contributed by atoms with Crippen LogP contribution in [0.3, 0.4) is 0 Å². The van der Waals surface area contributed by atoms with Crippen molar-refractivity contribution in [3.05, 3.63) is 7.11 Å². The maximum Gasteiger partial charge on any atom is 0.212 e. The predicted molar refractivity (Wildman–Crippen MR) is 16.7 cm³/mol. The van der Waals surface area contributed by atoms with Crippen LogP contribution >= 0.6 is 0 Å². The molecule has 3 heteroatoms. The molecule has 29 valence electrons. The van der Waals surface area contributed by atoms with Gasteiger partial charge >= 0.3 is 0 Å². The lowest BCUT2D eigenvalue weighted by atomic mass is 11.4. The van der Waals surface area contributed by atoms with E-state index in [1.165, 1.54) is 0 Å². The minimum absolute atomic E-state index is 0.819. The van der Waals surface area contributed by atoms with Gasteiger partial charge in [-0.3, -0.25) is 0 Å². The number of oxime groups is 1. The van der Waals surface area contributed by atoms with Crippen molar-refractivity contribution < 1.29 is 9.94 Å². The van der Waals surface area contributed by atoms with E-state index in [0.717, 1.165) is 6.40 Å². The molecule has 0 aliphatic rings. The van der Waals surface area contributed by atoms with Crippen molar-refractivity contribution in [3.8, 4) is 0 Å². The topological polar surface area (TPSA) is 41.8 Å². The first kappa shape index (κ1) is 4.27. The van der Waals surface area contributed by atoms with Crippen molar-refractivity contribution >= 4 is 6.40 Å². The molecule has 0 aromatic rings. The van der Waals surface area contributed by atoms with Gasteiger partial charge < -0.3 is 9.94 Å². The minimum Gasteiger partial charge on any atom is -0.477 e. The van der Waals surface area contributed by atoms with Crippen LogP contribution in [-0.4, -0.2) is 11.6 Å². The lowest BCUT2D eigenvalue weighted by Gasteiger charge is -1.73. The summed E-state index contributed by atoms with van der Waals surface area (Å²) in [6.07, 6.45) is 0.819. The Labute approximate surface area is 29.9 Å². The molecule has 0 aliphatic heterocycles. The maximum absolute atomic E-state index is 7.47. The van der Waals surface area contributed by atoms with E-state index in [0.29, 0.717) is 0 Å². The van der Waals surface area contributed by atoms with Crippen LogP contribution in [0.1, 0.15) is 0 Å². The van der Waals surface area contributed by atoms with Gasteiger partial charge in [-0.2, -0.15) is 0 Å². The Balaban J connectivity index is 2.62. The second-order valence-electron chi connectivity index (χ2n) is 0.388. The molecule has 0 bridgehead atoms. The molecule has 0 saturated carbocycles. The lowest BCUT2D eigenvalue weighted by molar-refractivity contribution is 0.303. The molecule has 1 N–H and O–H groups in total. The zero-order valence-electron chi connectivity index (χ0n) is 2.59. The van der Waals surface area contributed by atoms with E-state index in [4.69, 9.17) is 5.21 Å². The van der Waals surface area contributed by atoms with E-state index in [1.54, 1.807) is 0 Å². The van der Waals surface area contributed by atoms with Crippen LogP contribution in [0.5, 0.6) is 0 Å². The van der Waals surface area contributed by atoms with Crippen LogP contribution in [-0.2, 0) is 4.74 Å². The van der Waals surface area contributed by atoms with Crippen molar-refractivity contribution in [1.29, 1.82) is 0 Å². The van der Waals surface area contributed by atoms with Crippen LogP contribution < -0.4 is 0 Å². The molecule has 0 aromatic carbocycles. The van der Waals surface area contributed by atoms with Crippen LogP contribution in [0, 0.1) is 7.11 Å². The summed E-state index contributed by atoms with van der Waals surface area (Å²) in [5.41, 5.74) is 0. The van der Waals surface area contributed by atoms with E-state index in [9.17, 15) is 0 Å². The molecule has 0 amide bonds. The Hall–Kier alpha value is -0.730. The van der Waals surface area contributed by atoms with E-state index in [-0.39, 0.29) is 0 Å². The fraction of sp³-hybridized carbons (Fsp3) is 0. The first-order chi connectivity index (χ1) is 2.41. The zero-order valence-corrected chi connectivity index (χ0v) is 2.59. The van der Waals surface area contributed by atoms with E-state index < -0.39 is 0 Å². The molecular formula is C2H4NO2. The summed E-state index contributed by atoms with van der Waals surface area (Å²) < 4.78 is 3.90. The zero-order chi connectivity index (χ0) is 4.12. The molecular weight excluding hydrogens is 70.0 g/mol. The highest BCUT2D eigenvalue weighted by atomic mass is 16.5. The summed E-state index contributed by atoms with van der Waals surface area (Å²) in [5.74, 6) is 0. The highest BCUT2D eigenvalue weighted by Crippen LogP contribution is 1.51. The van der Waals surface area contributed by atoms with Gasteiger partial charge in [0.25, 0.3) is 0 Å². The maximum atomic E-state index is 7.47. The number of ether oxygens (including phenoxy) is 1. The number of hydrogen-bond acceptors (Lipinski definition) is 3. The highest BCUT2D eigenvalue weighted by molar-refractivity contribution is 5.44. The van der Waals surface area contributed by atoms with Crippen molar-refractivity contribution in [3.63, 3.8) is 0 Å². The van der Waals surface area contributed by atoms with Crippen molar-refractivity contribution in [2.24, 2.45) is 5.16 Å². The Bertz CT molecular complexity index is 34.6. The summed E-state index contributed by atoms with van der Waals surface area (Å²) in [6, 6.07) is 0. The minimum atomic E-state index is 0.819. The smallest absolute Gasteiger partial charge is 0.212 e. The first-order valence-electron chi connectivity index (χ1n) is 0.983. The van der Waals surface area contributed by atoms with E-state index in [2.05, 4.69) is 17.0 Å². The average Bonchev–Trinajstić information content (AvgIpc) is 1.41. The molecule has 3 nitrogen and oxygen atoms in total. The molecule has 0 rings (SSSR count). The number of nitrogens with zero attached hydrogens (tertiary/aromatic N) is 1. The van der Waals surface area contributed by atoms with Gasteiger partial charge in [0.05, 0.1) is 0 Å². The third-order valence-electron chi connectivity index (χ3n) is 0.122. The molecule has 0 unspecified atom stereocenters. The largest absolute Gasteiger partial charge is 0.477 e. The van der Waals surface area contributed by atoms with Gasteiger partial charge in [0.1, 0.15) is 7.11 Å². The third-order valence-corrected chi connectivity index (χ3v) is 0.122. The first-order valence-corrected chi connectivity index (χ1v) is 0.983. The molecule has 5 heavy (non-hydrogen) atoms. The fourth-order valence-electron chi connectivity index (χ4n) is 0.0333. The van der Waals surface area contributed by atoms with Crippen LogP contribution in [0.15, 0.2) is 5.16 Å². The molecule has 0 atom stereocenters. The lowest BCUT2D eigenvalue weighted by Crippen LogP contribution is -1.68. The normalized spacial score (nSPS) is 9.00. The van der Waals surface area contributed by atoms with Gasteiger partial charge in [-0.05, 0) is 0 Å². The Morgan fingerprint density at radius 1 is 2.00 bits per heavy atom. The second kappa shape index (κ2) is 3.27. The molecule has 0 heterocycles. The Morgan fingerprint density at radius 2 is 2.60 bits per heavy atom. The quantitative estimate of drug-likeness (QED) is 0.209. The summed E-state index contributed by atoms with van der Waals surface area (Å²) in [5, 5.41) is 9.92. The van der Waals surface area contributed by atoms with Gasteiger partial charge in [0.15, 0.2) is 0 Å². The van der Waals surface area contributed by atoms with Crippen molar-refractivity contribution in [2.45, 2.75) is 0 Å². The SMILES string of the molecule is [CH2]OC=NO. The third kappa shape index (κ3) is 3.27. The average molecular weight is 74.1 g/mol. The van der Waals surface area contributed by atoms with Gasteiger partial charge in [0, 0.05) is 0 Å². The molecule has 0 aromatic heterocycles. The summed E-state index contributed by atoms with van der Waals surface area (Å²) in [4.78, 5) is 0. The fourth-order valence-corrected chi connectivity index (χ4v) is 0.0333. The Morgan fingerprint density at radius 3 is 2.60 bits per heavy atom. The van der Waals surface area contributed by atoms with Crippen LogP contribution in [0.4, 0.5) is 0 Å². The van der Waals surface area contributed by atoms with Crippen LogP contribution in [0.2, 0.25) is 0 Å². The summed E-state index contributed by atoms with van der Waals surface area (Å²) in [6.45, 7) is 0. The van der Waals surface area contributed by atoms with Crippen molar-refractivity contribution in [2.75, 3.05) is 0 Å². The van der Waals surface area contributed by atoms with Crippen molar-refractivity contribution in [1.82, 2.24) is 0 Å². The molecule has 0 saturated heterocycles. The standard InChI is InChI=1S/C2H4NO2/c1-5-2-3-4/h2,4H,1H2. The number of hydrogen-bond donors (Lipinski definition) is 1. The summed E-state index contributed by atoms with van der Waals surface area (Å²) >= 11 is 0. The second-order valence-corrected chi connectivity index (χ2v) is 0.388. The molecule has 0 spiro atoms. The monoisotopic (exact) mass is 74.0 g/mol. The predicted octanol–water partition coefficient (Wildman–Crippen LogP) is 0.212. The summed E-state index contributed by atoms with van der Waals surface area (Å²) in [7, 11) is 2.87. The highest BCUT2D eigenvalue weighted by Gasteiger charge is 1.50. The van der Waals surface area contributed by atoms with Gasteiger partial charge in [0.2, 0.25) is 6.40 Å². The van der Waals surface area contributed by atoms with Gasteiger partial charge in [-0.25, -0.2) is 0 Å². The molecule has 0 fully saturated rings. The molecule has 1 radical (unpaired) electrons. The van der Waals surface area contributed by atoms with Crippen LogP contribution in [0.25, 0.3) is 0 Å². The number of rotatable bonds is 1.